The summed E-state index contributed by atoms with van der Waals surface area (Å²) in [4.78, 5) is 12.5. The molecule has 0 saturated carbocycles. The molecule has 0 rings (SSSR count). The summed E-state index contributed by atoms with van der Waals surface area (Å²) >= 11 is 0. The Labute approximate surface area is 163 Å². The standard InChI is InChI=1S/C22H47N3O/c1-3-5-7-9-10-12-14-16-21(15-13-11-8-6-4-2)22(26)25-20-19-24-18-17-23/h21,24H,3-20,23H2,1-2H3,(H,25,26). The van der Waals surface area contributed by atoms with Crippen molar-refractivity contribution >= 4 is 5.91 Å². The molecule has 0 aromatic heterocycles. The summed E-state index contributed by atoms with van der Waals surface area (Å²) in [5.74, 6) is 0.475. The molecule has 26 heavy (non-hydrogen) atoms. The predicted octanol–water partition coefficient (Wildman–Crippen LogP) is 4.77. The smallest absolute Gasteiger partial charge is 0.223 e. The van der Waals surface area contributed by atoms with Crippen LogP contribution in [0.15, 0.2) is 0 Å². The number of hydrogen-bond donors (Lipinski definition) is 3. The van der Waals surface area contributed by atoms with Gasteiger partial charge in [0.25, 0.3) is 0 Å². The van der Waals surface area contributed by atoms with Gasteiger partial charge in [-0.05, 0) is 12.8 Å². The average molecular weight is 370 g/mol. The fourth-order valence-corrected chi connectivity index (χ4v) is 3.39. The van der Waals surface area contributed by atoms with Crippen molar-refractivity contribution in [1.82, 2.24) is 10.6 Å². The Balaban J connectivity index is 4.00. The summed E-state index contributed by atoms with van der Waals surface area (Å²) in [5, 5.41) is 6.35. The van der Waals surface area contributed by atoms with Crippen LogP contribution >= 0.6 is 0 Å². The van der Waals surface area contributed by atoms with E-state index in [2.05, 4.69) is 24.5 Å². The summed E-state index contributed by atoms with van der Waals surface area (Å²) in [6.45, 7) is 7.48. The Bertz CT molecular complexity index is 297. The van der Waals surface area contributed by atoms with Crippen LogP contribution in [0.1, 0.15) is 104 Å². The van der Waals surface area contributed by atoms with E-state index < -0.39 is 0 Å². The molecule has 0 aliphatic carbocycles. The van der Waals surface area contributed by atoms with Crippen LogP contribution < -0.4 is 16.4 Å². The van der Waals surface area contributed by atoms with Gasteiger partial charge in [0.2, 0.25) is 5.91 Å². The van der Waals surface area contributed by atoms with Gasteiger partial charge in [-0.25, -0.2) is 0 Å². The maximum absolute atomic E-state index is 12.5. The highest BCUT2D eigenvalue weighted by molar-refractivity contribution is 5.78. The lowest BCUT2D eigenvalue weighted by Crippen LogP contribution is -2.37. The molecule has 0 radical (unpaired) electrons. The first-order chi connectivity index (χ1) is 12.8. The summed E-state index contributed by atoms with van der Waals surface area (Å²) in [6, 6.07) is 0. The van der Waals surface area contributed by atoms with E-state index in [1.165, 1.54) is 77.0 Å². The van der Waals surface area contributed by atoms with Gasteiger partial charge in [-0.15, -0.1) is 0 Å². The van der Waals surface area contributed by atoms with Crippen molar-refractivity contribution in [3.05, 3.63) is 0 Å². The number of rotatable bonds is 20. The summed E-state index contributed by atoms with van der Waals surface area (Å²) < 4.78 is 0. The van der Waals surface area contributed by atoms with Crippen LogP contribution in [-0.2, 0) is 4.79 Å². The summed E-state index contributed by atoms with van der Waals surface area (Å²) in [6.07, 6.45) is 17.7. The molecule has 0 aliphatic rings. The molecule has 156 valence electrons. The number of nitrogens with two attached hydrogens (primary N) is 1. The molecule has 0 aromatic carbocycles. The van der Waals surface area contributed by atoms with Gasteiger partial charge >= 0.3 is 0 Å². The number of amides is 1. The maximum atomic E-state index is 12.5. The van der Waals surface area contributed by atoms with Gasteiger partial charge in [-0.2, -0.15) is 0 Å². The Hall–Kier alpha value is -0.610. The molecule has 0 aromatic rings. The lowest BCUT2D eigenvalue weighted by atomic mass is 9.93. The van der Waals surface area contributed by atoms with E-state index in [-0.39, 0.29) is 11.8 Å². The van der Waals surface area contributed by atoms with E-state index in [0.717, 1.165) is 25.9 Å². The second-order valence-electron chi connectivity index (χ2n) is 7.64. The topological polar surface area (TPSA) is 67.2 Å². The normalized spacial score (nSPS) is 12.3. The quantitative estimate of drug-likeness (QED) is 0.271. The largest absolute Gasteiger partial charge is 0.355 e. The third-order valence-corrected chi connectivity index (χ3v) is 5.11. The molecule has 0 fully saturated rings. The highest BCUT2D eigenvalue weighted by Crippen LogP contribution is 2.19. The van der Waals surface area contributed by atoms with Gasteiger partial charge in [0.1, 0.15) is 0 Å². The van der Waals surface area contributed by atoms with Crippen molar-refractivity contribution in [3.8, 4) is 0 Å². The molecule has 4 heteroatoms. The minimum Gasteiger partial charge on any atom is -0.355 e. The van der Waals surface area contributed by atoms with E-state index in [9.17, 15) is 4.79 Å². The third kappa shape index (κ3) is 16.8. The highest BCUT2D eigenvalue weighted by atomic mass is 16.1. The first kappa shape index (κ1) is 25.4. The number of carbonyl (C=O) groups is 1. The van der Waals surface area contributed by atoms with Gasteiger partial charge < -0.3 is 16.4 Å². The summed E-state index contributed by atoms with van der Waals surface area (Å²) in [7, 11) is 0. The van der Waals surface area contributed by atoms with Gasteiger partial charge in [0.15, 0.2) is 0 Å². The van der Waals surface area contributed by atoms with Gasteiger partial charge in [0, 0.05) is 32.1 Å². The van der Waals surface area contributed by atoms with Gasteiger partial charge in [-0.1, -0.05) is 90.9 Å². The summed E-state index contributed by atoms with van der Waals surface area (Å²) in [5.41, 5.74) is 5.46. The number of unbranched alkanes of at least 4 members (excludes halogenated alkanes) is 10. The molecule has 0 saturated heterocycles. The van der Waals surface area contributed by atoms with E-state index in [1.807, 2.05) is 0 Å². The van der Waals surface area contributed by atoms with Crippen molar-refractivity contribution < 1.29 is 4.79 Å². The van der Waals surface area contributed by atoms with Crippen molar-refractivity contribution in [1.29, 1.82) is 0 Å². The zero-order chi connectivity index (χ0) is 19.3. The maximum Gasteiger partial charge on any atom is 0.223 e. The second-order valence-corrected chi connectivity index (χ2v) is 7.64. The fourth-order valence-electron chi connectivity index (χ4n) is 3.39. The Morgan fingerprint density at radius 3 is 1.73 bits per heavy atom. The zero-order valence-corrected chi connectivity index (χ0v) is 17.8. The minimum absolute atomic E-state index is 0.210. The van der Waals surface area contributed by atoms with E-state index in [0.29, 0.717) is 13.1 Å². The molecule has 1 unspecified atom stereocenters. The number of hydrogen-bond acceptors (Lipinski definition) is 3. The molecular weight excluding hydrogens is 322 g/mol. The van der Waals surface area contributed by atoms with Crippen LogP contribution in [0.4, 0.5) is 0 Å². The van der Waals surface area contributed by atoms with Crippen LogP contribution in [0, 0.1) is 5.92 Å². The van der Waals surface area contributed by atoms with Crippen LogP contribution in [0.3, 0.4) is 0 Å². The predicted molar refractivity (Wildman–Crippen MR) is 114 cm³/mol. The van der Waals surface area contributed by atoms with Crippen molar-refractivity contribution in [2.45, 2.75) is 104 Å². The van der Waals surface area contributed by atoms with E-state index in [4.69, 9.17) is 5.73 Å². The van der Waals surface area contributed by atoms with E-state index >= 15 is 0 Å². The molecular formula is C22H47N3O. The average Bonchev–Trinajstić information content (AvgIpc) is 2.65. The molecule has 1 atom stereocenters. The van der Waals surface area contributed by atoms with Crippen LogP contribution in [0.5, 0.6) is 0 Å². The van der Waals surface area contributed by atoms with Gasteiger partial charge in [-0.3, -0.25) is 4.79 Å². The minimum atomic E-state index is 0.210. The molecule has 0 spiro atoms. The first-order valence-corrected chi connectivity index (χ1v) is 11.4. The molecule has 4 nitrogen and oxygen atoms in total. The Morgan fingerprint density at radius 2 is 1.23 bits per heavy atom. The monoisotopic (exact) mass is 369 g/mol. The van der Waals surface area contributed by atoms with Crippen LogP contribution in [-0.4, -0.2) is 32.1 Å². The van der Waals surface area contributed by atoms with Crippen molar-refractivity contribution in [3.63, 3.8) is 0 Å². The first-order valence-electron chi connectivity index (χ1n) is 11.4. The molecule has 0 heterocycles. The van der Waals surface area contributed by atoms with E-state index in [1.54, 1.807) is 0 Å². The third-order valence-electron chi connectivity index (χ3n) is 5.11. The molecule has 0 aliphatic heterocycles. The second kappa shape index (κ2) is 20.7. The number of carbonyl (C=O) groups excluding carboxylic acids is 1. The Morgan fingerprint density at radius 1 is 0.731 bits per heavy atom. The molecule has 4 N–H and O–H groups in total. The lowest BCUT2D eigenvalue weighted by Gasteiger charge is -2.17. The van der Waals surface area contributed by atoms with Crippen LogP contribution in [0.25, 0.3) is 0 Å². The zero-order valence-electron chi connectivity index (χ0n) is 17.8. The SMILES string of the molecule is CCCCCCCCCC(CCCCCCC)C(=O)NCCNCCN. The Kier molecular flexibility index (Phi) is 20.2. The number of nitrogens with one attached hydrogen (secondary N) is 2. The molecule has 1 amide bonds. The molecule has 0 bridgehead atoms. The highest BCUT2D eigenvalue weighted by Gasteiger charge is 2.17. The fraction of sp³-hybridized carbons (Fsp3) is 0.955. The van der Waals surface area contributed by atoms with Crippen molar-refractivity contribution in [2.24, 2.45) is 11.7 Å². The lowest BCUT2D eigenvalue weighted by molar-refractivity contribution is -0.125. The van der Waals surface area contributed by atoms with Gasteiger partial charge in [0.05, 0.1) is 0 Å². The van der Waals surface area contributed by atoms with Crippen LogP contribution in [0.2, 0.25) is 0 Å². The van der Waals surface area contributed by atoms with Crippen molar-refractivity contribution in [2.75, 3.05) is 26.2 Å².